The molecule has 1 aromatic carbocycles. The van der Waals surface area contributed by atoms with Gasteiger partial charge in [0.15, 0.2) is 0 Å². The summed E-state index contributed by atoms with van der Waals surface area (Å²) in [5, 5.41) is 0. The van der Waals surface area contributed by atoms with Crippen molar-refractivity contribution >= 4 is 5.91 Å². The number of rotatable bonds is 8. The smallest absolute Gasteiger partial charge is 0.248 e. The molecule has 6 nitrogen and oxygen atoms in total. The van der Waals surface area contributed by atoms with Crippen molar-refractivity contribution < 1.29 is 23.7 Å². The van der Waals surface area contributed by atoms with E-state index in [2.05, 4.69) is 0 Å². The number of piperidine rings is 1. The van der Waals surface area contributed by atoms with Gasteiger partial charge in [-0.05, 0) is 55.9 Å². The van der Waals surface area contributed by atoms with Gasteiger partial charge in [-0.1, -0.05) is 0 Å². The zero-order valence-corrected chi connectivity index (χ0v) is 15.5. The summed E-state index contributed by atoms with van der Waals surface area (Å²) in [5.74, 6) is 2.24. The van der Waals surface area contributed by atoms with Gasteiger partial charge in [0.2, 0.25) is 5.91 Å². The first-order chi connectivity index (χ1) is 12.7. The molecule has 0 spiro atoms. The van der Waals surface area contributed by atoms with Gasteiger partial charge in [0.05, 0.1) is 26.4 Å². The normalized spacial score (nSPS) is 21.0. The predicted octanol–water partition coefficient (Wildman–Crippen LogP) is 2.51. The second-order valence-electron chi connectivity index (χ2n) is 6.96. The van der Waals surface area contributed by atoms with Gasteiger partial charge in [-0.25, -0.2) is 0 Å². The molecule has 2 aliphatic heterocycles. The number of carbonyl (C=O) groups is 1. The van der Waals surface area contributed by atoms with Crippen LogP contribution in [-0.2, 0) is 14.3 Å². The Balaban J connectivity index is 1.30. The van der Waals surface area contributed by atoms with Crippen molar-refractivity contribution in [2.45, 2.75) is 31.8 Å². The van der Waals surface area contributed by atoms with E-state index in [0.717, 1.165) is 56.9 Å². The van der Waals surface area contributed by atoms with Crippen molar-refractivity contribution in [2.75, 3.05) is 46.6 Å². The van der Waals surface area contributed by atoms with Gasteiger partial charge in [-0.15, -0.1) is 0 Å². The molecule has 2 fully saturated rings. The summed E-state index contributed by atoms with van der Waals surface area (Å²) in [6.07, 6.45) is 4.23. The number of methoxy groups -OCH3 is 1. The molecule has 1 aromatic rings. The SMILES string of the molecule is COc1ccc(OCC2CCN(C(=O)COC[C@H]3CCCO3)CC2)cc1. The minimum atomic E-state index is 0.0810. The Morgan fingerprint density at radius 3 is 2.50 bits per heavy atom. The average Bonchev–Trinajstić information content (AvgIpc) is 3.20. The summed E-state index contributed by atoms with van der Waals surface area (Å²) in [6, 6.07) is 7.63. The quantitative estimate of drug-likeness (QED) is 0.710. The molecular formula is C20H29NO5. The fourth-order valence-electron chi connectivity index (χ4n) is 3.38. The van der Waals surface area contributed by atoms with Crippen molar-refractivity contribution in [3.8, 4) is 11.5 Å². The van der Waals surface area contributed by atoms with E-state index in [9.17, 15) is 4.79 Å². The maximum atomic E-state index is 12.2. The Labute approximate surface area is 155 Å². The standard InChI is InChI=1S/C20H29NO5/c1-23-17-4-6-18(7-5-17)26-13-16-8-10-21(11-9-16)20(22)15-24-14-19-3-2-12-25-19/h4-7,16,19H,2-3,8-15H2,1H3/t19-/m1/s1. The van der Waals surface area contributed by atoms with Crippen LogP contribution >= 0.6 is 0 Å². The summed E-state index contributed by atoms with van der Waals surface area (Å²) < 4.78 is 22.0. The number of carbonyl (C=O) groups excluding carboxylic acids is 1. The molecule has 0 N–H and O–H groups in total. The van der Waals surface area contributed by atoms with Gasteiger partial charge in [-0.2, -0.15) is 0 Å². The number of hydrogen-bond donors (Lipinski definition) is 0. The van der Waals surface area contributed by atoms with Crippen LogP contribution in [0.1, 0.15) is 25.7 Å². The zero-order chi connectivity index (χ0) is 18.2. The molecule has 2 heterocycles. The second-order valence-corrected chi connectivity index (χ2v) is 6.96. The lowest BCUT2D eigenvalue weighted by atomic mass is 9.98. The molecule has 0 aromatic heterocycles. The number of benzene rings is 1. The summed E-state index contributed by atoms with van der Waals surface area (Å²) in [7, 11) is 1.65. The molecule has 1 amide bonds. The number of hydrogen-bond acceptors (Lipinski definition) is 5. The summed E-state index contributed by atoms with van der Waals surface area (Å²) in [6.45, 7) is 3.74. The highest BCUT2D eigenvalue weighted by Crippen LogP contribution is 2.21. The Kier molecular flexibility index (Phi) is 7.14. The fourth-order valence-corrected chi connectivity index (χ4v) is 3.38. The van der Waals surface area contributed by atoms with Crippen molar-refractivity contribution in [1.29, 1.82) is 0 Å². The maximum absolute atomic E-state index is 12.2. The molecule has 2 saturated heterocycles. The first-order valence-electron chi connectivity index (χ1n) is 9.48. The monoisotopic (exact) mass is 363 g/mol. The second kappa shape index (κ2) is 9.78. The van der Waals surface area contributed by atoms with Gasteiger partial charge in [0.1, 0.15) is 18.1 Å². The lowest BCUT2D eigenvalue weighted by Crippen LogP contribution is -2.41. The van der Waals surface area contributed by atoms with Crippen LogP contribution in [0.3, 0.4) is 0 Å². The van der Waals surface area contributed by atoms with Crippen molar-refractivity contribution in [3.63, 3.8) is 0 Å². The predicted molar refractivity (Wildman–Crippen MR) is 97.6 cm³/mol. The third kappa shape index (κ3) is 5.61. The Bertz CT molecular complexity index is 548. The van der Waals surface area contributed by atoms with Gasteiger partial charge in [-0.3, -0.25) is 4.79 Å². The van der Waals surface area contributed by atoms with Crippen LogP contribution in [0.25, 0.3) is 0 Å². The van der Waals surface area contributed by atoms with E-state index in [1.54, 1.807) is 7.11 Å². The largest absolute Gasteiger partial charge is 0.497 e. The zero-order valence-electron chi connectivity index (χ0n) is 15.5. The van der Waals surface area contributed by atoms with E-state index in [-0.39, 0.29) is 18.6 Å². The Morgan fingerprint density at radius 2 is 1.85 bits per heavy atom. The van der Waals surface area contributed by atoms with Gasteiger partial charge >= 0.3 is 0 Å². The maximum Gasteiger partial charge on any atom is 0.248 e. The topological polar surface area (TPSA) is 57.2 Å². The minimum Gasteiger partial charge on any atom is -0.497 e. The third-order valence-electron chi connectivity index (χ3n) is 5.07. The van der Waals surface area contributed by atoms with Crippen molar-refractivity contribution in [3.05, 3.63) is 24.3 Å². The molecule has 26 heavy (non-hydrogen) atoms. The van der Waals surface area contributed by atoms with E-state index < -0.39 is 0 Å². The third-order valence-corrected chi connectivity index (χ3v) is 5.07. The first kappa shape index (κ1) is 19.0. The van der Waals surface area contributed by atoms with Gasteiger partial charge in [0, 0.05) is 19.7 Å². The van der Waals surface area contributed by atoms with Gasteiger partial charge < -0.3 is 23.8 Å². The van der Waals surface area contributed by atoms with E-state index in [0.29, 0.717) is 19.1 Å². The van der Waals surface area contributed by atoms with E-state index in [1.807, 2.05) is 29.2 Å². The summed E-state index contributed by atoms with van der Waals surface area (Å²) >= 11 is 0. The van der Waals surface area contributed by atoms with Crippen LogP contribution in [0.4, 0.5) is 0 Å². The van der Waals surface area contributed by atoms with Crippen LogP contribution < -0.4 is 9.47 Å². The fraction of sp³-hybridized carbons (Fsp3) is 0.650. The number of nitrogens with zero attached hydrogens (tertiary/aromatic N) is 1. The van der Waals surface area contributed by atoms with Crippen molar-refractivity contribution in [1.82, 2.24) is 4.90 Å². The number of amides is 1. The molecule has 2 aliphatic rings. The molecule has 0 saturated carbocycles. The molecule has 0 unspecified atom stereocenters. The number of likely N-dealkylation sites (tertiary alicyclic amines) is 1. The molecule has 1 atom stereocenters. The van der Waals surface area contributed by atoms with Gasteiger partial charge in [0.25, 0.3) is 0 Å². The molecule has 144 valence electrons. The summed E-state index contributed by atoms with van der Waals surface area (Å²) in [4.78, 5) is 14.1. The molecule has 6 heteroatoms. The highest BCUT2D eigenvalue weighted by Gasteiger charge is 2.24. The Morgan fingerprint density at radius 1 is 1.12 bits per heavy atom. The Hall–Kier alpha value is -1.79. The lowest BCUT2D eigenvalue weighted by Gasteiger charge is -2.32. The van der Waals surface area contributed by atoms with Crippen LogP contribution in [0.5, 0.6) is 11.5 Å². The van der Waals surface area contributed by atoms with Crippen LogP contribution in [0.15, 0.2) is 24.3 Å². The molecular weight excluding hydrogens is 334 g/mol. The highest BCUT2D eigenvalue weighted by atomic mass is 16.5. The molecule has 0 radical (unpaired) electrons. The average molecular weight is 363 g/mol. The minimum absolute atomic E-state index is 0.0810. The molecule has 0 bridgehead atoms. The highest BCUT2D eigenvalue weighted by molar-refractivity contribution is 5.77. The van der Waals surface area contributed by atoms with Crippen LogP contribution in [0, 0.1) is 5.92 Å². The van der Waals surface area contributed by atoms with Crippen LogP contribution in [0.2, 0.25) is 0 Å². The lowest BCUT2D eigenvalue weighted by molar-refractivity contribution is -0.138. The van der Waals surface area contributed by atoms with E-state index in [1.165, 1.54) is 0 Å². The molecule has 3 rings (SSSR count). The van der Waals surface area contributed by atoms with E-state index >= 15 is 0 Å². The van der Waals surface area contributed by atoms with E-state index in [4.69, 9.17) is 18.9 Å². The van der Waals surface area contributed by atoms with Crippen LogP contribution in [-0.4, -0.2) is 63.5 Å². The first-order valence-corrected chi connectivity index (χ1v) is 9.48. The molecule has 0 aliphatic carbocycles. The number of ether oxygens (including phenoxy) is 4. The summed E-state index contributed by atoms with van der Waals surface area (Å²) in [5.41, 5.74) is 0. The van der Waals surface area contributed by atoms with Crippen molar-refractivity contribution in [2.24, 2.45) is 5.92 Å².